The molecular weight excluding hydrogens is 267 g/mol. The van der Waals surface area contributed by atoms with E-state index in [0.29, 0.717) is 38.2 Å². The molecule has 1 aliphatic rings. The van der Waals surface area contributed by atoms with Gasteiger partial charge in [-0.15, -0.1) is 0 Å². The molecule has 0 spiro atoms. The Bertz CT molecular complexity index is 525. The Labute approximate surface area is 113 Å². The summed E-state index contributed by atoms with van der Waals surface area (Å²) in [5.74, 6) is -0.169. The summed E-state index contributed by atoms with van der Waals surface area (Å²) in [7, 11) is -3.08. The smallest absolute Gasteiger partial charge is 0.211 e. The Hall–Kier alpha value is -0.980. The van der Waals surface area contributed by atoms with Gasteiger partial charge in [-0.1, -0.05) is 18.2 Å². The molecule has 1 aliphatic heterocycles. The number of hydrogen-bond donors (Lipinski definition) is 0. The minimum Gasteiger partial charge on any atom is -0.300 e. The molecule has 4 nitrogen and oxygen atoms in total. The first kappa shape index (κ1) is 14.4. The molecule has 0 amide bonds. The van der Waals surface area contributed by atoms with Gasteiger partial charge < -0.3 is 4.90 Å². The second kappa shape index (κ2) is 5.98. The Morgan fingerprint density at radius 1 is 1.16 bits per heavy atom. The van der Waals surface area contributed by atoms with Gasteiger partial charge in [0, 0.05) is 32.7 Å². The van der Waals surface area contributed by atoms with Crippen LogP contribution < -0.4 is 0 Å². The highest BCUT2D eigenvalue weighted by atomic mass is 32.2. The summed E-state index contributed by atoms with van der Waals surface area (Å²) in [6.07, 6.45) is 1.90. The molecule has 2 rings (SSSR count). The summed E-state index contributed by atoms with van der Waals surface area (Å²) in [5, 5.41) is 0. The first-order valence-electron chi connectivity index (χ1n) is 6.38. The third-order valence-electron chi connectivity index (χ3n) is 3.46. The standard InChI is InChI=1S/C13H19FN2O2S/c1-19(17,18)16-10-8-15(9-11-16)7-6-12-4-2-3-5-13(12)14/h2-5H,6-11H2,1H3. The number of sulfonamides is 1. The summed E-state index contributed by atoms with van der Waals surface area (Å²) >= 11 is 0. The number of nitrogens with zero attached hydrogens (tertiary/aromatic N) is 2. The SMILES string of the molecule is CS(=O)(=O)N1CCN(CCc2ccccc2F)CC1. The predicted molar refractivity (Wildman–Crippen MR) is 73.0 cm³/mol. The molecule has 0 bridgehead atoms. The Morgan fingerprint density at radius 2 is 1.79 bits per heavy atom. The number of rotatable bonds is 4. The average molecular weight is 286 g/mol. The van der Waals surface area contributed by atoms with Crippen LogP contribution in [-0.2, 0) is 16.4 Å². The monoisotopic (exact) mass is 286 g/mol. The van der Waals surface area contributed by atoms with E-state index < -0.39 is 10.0 Å². The van der Waals surface area contributed by atoms with Crippen molar-refractivity contribution in [1.29, 1.82) is 0 Å². The van der Waals surface area contributed by atoms with Crippen LogP contribution >= 0.6 is 0 Å². The fraction of sp³-hybridized carbons (Fsp3) is 0.538. The van der Waals surface area contributed by atoms with Crippen molar-refractivity contribution in [3.63, 3.8) is 0 Å². The van der Waals surface area contributed by atoms with Crippen molar-refractivity contribution >= 4 is 10.0 Å². The van der Waals surface area contributed by atoms with Gasteiger partial charge in [0.15, 0.2) is 0 Å². The van der Waals surface area contributed by atoms with Crippen molar-refractivity contribution in [3.8, 4) is 0 Å². The zero-order valence-corrected chi connectivity index (χ0v) is 11.9. The summed E-state index contributed by atoms with van der Waals surface area (Å²) in [4.78, 5) is 2.17. The fourth-order valence-corrected chi connectivity index (χ4v) is 3.09. The van der Waals surface area contributed by atoms with Crippen LogP contribution in [0.3, 0.4) is 0 Å². The molecule has 0 atom stereocenters. The van der Waals surface area contributed by atoms with Crippen molar-refractivity contribution in [2.45, 2.75) is 6.42 Å². The molecule has 0 unspecified atom stereocenters. The molecule has 19 heavy (non-hydrogen) atoms. The van der Waals surface area contributed by atoms with Crippen LogP contribution in [0.2, 0.25) is 0 Å². The summed E-state index contributed by atoms with van der Waals surface area (Å²) < 4.78 is 37.7. The van der Waals surface area contributed by atoms with Crippen LogP contribution in [-0.4, -0.2) is 56.6 Å². The third kappa shape index (κ3) is 3.99. The van der Waals surface area contributed by atoms with Crippen LogP contribution in [0.4, 0.5) is 4.39 Å². The number of halogens is 1. The lowest BCUT2D eigenvalue weighted by Gasteiger charge is -2.33. The summed E-state index contributed by atoms with van der Waals surface area (Å²) in [6, 6.07) is 6.78. The van der Waals surface area contributed by atoms with E-state index in [1.165, 1.54) is 16.6 Å². The molecule has 0 N–H and O–H groups in total. The Balaban J connectivity index is 1.82. The van der Waals surface area contributed by atoms with Gasteiger partial charge in [-0.25, -0.2) is 12.8 Å². The van der Waals surface area contributed by atoms with Gasteiger partial charge in [0.1, 0.15) is 5.82 Å². The van der Waals surface area contributed by atoms with Gasteiger partial charge in [-0.3, -0.25) is 0 Å². The van der Waals surface area contributed by atoms with E-state index in [4.69, 9.17) is 0 Å². The number of piperazine rings is 1. The maximum atomic E-state index is 13.5. The second-order valence-corrected chi connectivity index (χ2v) is 6.83. The molecule has 1 fully saturated rings. The van der Waals surface area contributed by atoms with E-state index >= 15 is 0 Å². The van der Waals surface area contributed by atoms with E-state index in [-0.39, 0.29) is 5.82 Å². The van der Waals surface area contributed by atoms with Crippen LogP contribution in [0.15, 0.2) is 24.3 Å². The molecule has 1 aromatic rings. The molecule has 106 valence electrons. The molecule has 0 saturated carbocycles. The number of hydrogen-bond acceptors (Lipinski definition) is 3. The highest BCUT2D eigenvalue weighted by Crippen LogP contribution is 2.10. The van der Waals surface area contributed by atoms with Crippen LogP contribution in [0, 0.1) is 5.82 Å². The maximum Gasteiger partial charge on any atom is 0.211 e. The van der Waals surface area contributed by atoms with E-state index in [0.717, 1.165) is 6.54 Å². The van der Waals surface area contributed by atoms with Gasteiger partial charge in [0.05, 0.1) is 6.26 Å². The zero-order valence-electron chi connectivity index (χ0n) is 11.0. The van der Waals surface area contributed by atoms with Crippen LogP contribution in [0.5, 0.6) is 0 Å². The minimum absolute atomic E-state index is 0.169. The van der Waals surface area contributed by atoms with Crippen molar-refractivity contribution < 1.29 is 12.8 Å². The van der Waals surface area contributed by atoms with Gasteiger partial charge in [0.25, 0.3) is 0 Å². The molecule has 1 saturated heterocycles. The topological polar surface area (TPSA) is 40.6 Å². The molecular formula is C13H19FN2O2S. The quantitative estimate of drug-likeness (QED) is 0.827. The van der Waals surface area contributed by atoms with Crippen molar-refractivity contribution in [1.82, 2.24) is 9.21 Å². The Morgan fingerprint density at radius 3 is 2.37 bits per heavy atom. The molecule has 1 heterocycles. The third-order valence-corrected chi connectivity index (χ3v) is 4.76. The van der Waals surface area contributed by atoms with Gasteiger partial charge in [-0.05, 0) is 18.1 Å². The lowest BCUT2D eigenvalue weighted by molar-refractivity contribution is 0.190. The first-order valence-corrected chi connectivity index (χ1v) is 8.22. The minimum atomic E-state index is -3.08. The lowest BCUT2D eigenvalue weighted by Crippen LogP contribution is -2.48. The molecule has 0 radical (unpaired) electrons. The summed E-state index contributed by atoms with van der Waals surface area (Å²) in [5.41, 5.74) is 0.716. The van der Waals surface area contributed by atoms with Crippen molar-refractivity contribution in [2.24, 2.45) is 0 Å². The fourth-order valence-electron chi connectivity index (χ4n) is 2.26. The number of benzene rings is 1. The van der Waals surface area contributed by atoms with Gasteiger partial charge >= 0.3 is 0 Å². The van der Waals surface area contributed by atoms with Crippen molar-refractivity contribution in [3.05, 3.63) is 35.6 Å². The van der Waals surface area contributed by atoms with Gasteiger partial charge in [-0.2, -0.15) is 4.31 Å². The van der Waals surface area contributed by atoms with E-state index in [9.17, 15) is 12.8 Å². The average Bonchev–Trinajstić information content (AvgIpc) is 2.37. The molecule has 0 aliphatic carbocycles. The van der Waals surface area contributed by atoms with Gasteiger partial charge in [0.2, 0.25) is 10.0 Å². The van der Waals surface area contributed by atoms with Crippen LogP contribution in [0.1, 0.15) is 5.56 Å². The van der Waals surface area contributed by atoms with E-state index in [2.05, 4.69) is 4.90 Å². The highest BCUT2D eigenvalue weighted by Gasteiger charge is 2.22. The lowest BCUT2D eigenvalue weighted by atomic mass is 10.1. The van der Waals surface area contributed by atoms with Crippen LogP contribution in [0.25, 0.3) is 0 Å². The normalized spacial score (nSPS) is 18.6. The highest BCUT2D eigenvalue weighted by molar-refractivity contribution is 7.88. The van der Waals surface area contributed by atoms with E-state index in [1.54, 1.807) is 12.1 Å². The molecule has 6 heteroatoms. The molecule has 0 aromatic heterocycles. The van der Waals surface area contributed by atoms with Crippen molar-refractivity contribution in [2.75, 3.05) is 39.0 Å². The van der Waals surface area contributed by atoms with E-state index in [1.807, 2.05) is 6.07 Å². The predicted octanol–water partition coefficient (Wildman–Crippen LogP) is 0.945. The Kier molecular flexibility index (Phi) is 4.54. The maximum absolute atomic E-state index is 13.5. The first-order chi connectivity index (χ1) is 8.97. The zero-order chi connectivity index (χ0) is 13.9. The second-order valence-electron chi connectivity index (χ2n) is 4.85. The largest absolute Gasteiger partial charge is 0.300 e. The summed E-state index contributed by atoms with van der Waals surface area (Å²) in [6.45, 7) is 3.23. The molecule has 1 aromatic carbocycles.